The molecule has 0 aliphatic carbocycles. The molecule has 5 N–H and O–H groups in total. The Morgan fingerprint density at radius 2 is 2.15 bits per heavy atom. The predicted molar refractivity (Wildman–Crippen MR) is 72.2 cm³/mol. The number of hydrogen-bond donors (Lipinski definition) is 4. The molecule has 1 fully saturated rings. The Kier molecular flexibility index (Phi) is 3.31. The van der Waals surface area contributed by atoms with Gasteiger partial charge in [0.15, 0.2) is 6.23 Å². The van der Waals surface area contributed by atoms with Gasteiger partial charge < -0.3 is 30.4 Å². The summed E-state index contributed by atoms with van der Waals surface area (Å²) in [6, 6.07) is 3.32. The van der Waals surface area contributed by atoms with E-state index < -0.39 is 24.5 Å². The van der Waals surface area contributed by atoms with E-state index in [2.05, 4.69) is 4.98 Å². The molecule has 1 aliphatic heterocycles. The van der Waals surface area contributed by atoms with Gasteiger partial charge in [0.25, 0.3) is 0 Å². The maximum atomic E-state index is 10.0. The van der Waals surface area contributed by atoms with E-state index in [-0.39, 0.29) is 17.6 Å². The standard InChI is InChI=1S/C12H14ClN3O4/c13-8-3-6-5(11(14)15-8)1-2-16(6)12-10(19)9(18)7(4-17)20-12/h1-3,7,9-10,12,17-19H,4H2,(H2,14,15)/t7-,9-,10-,12-/m1/s1. The van der Waals surface area contributed by atoms with Crippen LogP contribution in [0.2, 0.25) is 5.15 Å². The molecule has 0 saturated carbocycles. The molecule has 1 aliphatic rings. The van der Waals surface area contributed by atoms with Crippen molar-refractivity contribution < 1.29 is 20.1 Å². The Hall–Kier alpha value is -1.38. The van der Waals surface area contributed by atoms with E-state index in [1.165, 1.54) is 0 Å². The van der Waals surface area contributed by atoms with Crippen molar-refractivity contribution in [1.82, 2.24) is 9.55 Å². The number of hydrogen-bond acceptors (Lipinski definition) is 6. The van der Waals surface area contributed by atoms with Gasteiger partial charge in [0, 0.05) is 17.6 Å². The number of pyridine rings is 1. The van der Waals surface area contributed by atoms with Crippen molar-refractivity contribution in [2.45, 2.75) is 24.5 Å². The third-order valence-electron chi connectivity index (χ3n) is 3.51. The topological polar surface area (TPSA) is 114 Å². The Balaban J connectivity index is 2.07. The van der Waals surface area contributed by atoms with Crippen molar-refractivity contribution in [3.05, 3.63) is 23.5 Å². The van der Waals surface area contributed by atoms with E-state index in [1.54, 1.807) is 22.9 Å². The second kappa shape index (κ2) is 4.87. The number of halogens is 1. The minimum atomic E-state index is -1.16. The molecule has 3 heterocycles. The number of fused-ring (bicyclic) bond motifs is 1. The maximum Gasteiger partial charge on any atom is 0.163 e. The highest BCUT2D eigenvalue weighted by Gasteiger charge is 2.43. The molecule has 0 spiro atoms. The summed E-state index contributed by atoms with van der Waals surface area (Å²) >= 11 is 5.88. The van der Waals surface area contributed by atoms with Crippen molar-refractivity contribution in [3.8, 4) is 0 Å². The maximum absolute atomic E-state index is 10.0. The molecule has 0 amide bonds. The minimum absolute atomic E-state index is 0.224. The largest absolute Gasteiger partial charge is 0.394 e. The van der Waals surface area contributed by atoms with Gasteiger partial charge in [0.1, 0.15) is 29.3 Å². The summed E-state index contributed by atoms with van der Waals surface area (Å²) in [7, 11) is 0. The van der Waals surface area contributed by atoms with Crippen LogP contribution in [-0.4, -0.2) is 49.8 Å². The second-order valence-corrected chi connectivity index (χ2v) is 5.10. The van der Waals surface area contributed by atoms with Crippen LogP contribution in [0.3, 0.4) is 0 Å². The van der Waals surface area contributed by atoms with Crippen molar-refractivity contribution >= 4 is 28.3 Å². The van der Waals surface area contributed by atoms with Gasteiger partial charge in [-0.1, -0.05) is 11.6 Å². The first-order valence-electron chi connectivity index (χ1n) is 6.08. The molecule has 20 heavy (non-hydrogen) atoms. The van der Waals surface area contributed by atoms with Crippen LogP contribution in [0.5, 0.6) is 0 Å². The van der Waals surface area contributed by atoms with Crippen LogP contribution in [0.25, 0.3) is 10.9 Å². The summed E-state index contributed by atoms with van der Waals surface area (Å²) in [5.74, 6) is 0.276. The zero-order chi connectivity index (χ0) is 14.4. The average Bonchev–Trinajstić information content (AvgIpc) is 2.93. The smallest absolute Gasteiger partial charge is 0.163 e. The Labute approximate surface area is 119 Å². The van der Waals surface area contributed by atoms with Crippen molar-refractivity contribution in [1.29, 1.82) is 0 Å². The summed E-state index contributed by atoms with van der Waals surface area (Å²) in [4.78, 5) is 3.94. The van der Waals surface area contributed by atoms with Crippen molar-refractivity contribution in [3.63, 3.8) is 0 Å². The van der Waals surface area contributed by atoms with Gasteiger partial charge in [0.05, 0.1) is 12.1 Å². The molecule has 7 nitrogen and oxygen atoms in total. The molecule has 2 aromatic heterocycles. The lowest BCUT2D eigenvalue weighted by atomic mass is 10.1. The molecule has 0 unspecified atom stereocenters. The number of rotatable bonds is 2. The summed E-state index contributed by atoms with van der Waals surface area (Å²) in [6.45, 7) is -0.377. The molecule has 3 rings (SSSR count). The summed E-state index contributed by atoms with van der Waals surface area (Å²) in [5, 5.41) is 29.9. The lowest BCUT2D eigenvalue weighted by molar-refractivity contribution is -0.0506. The molecule has 0 bridgehead atoms. The molecular formula is C12H14ClN3O4. The van der Waals surface area contributed by atoms with Crippen LogP contribution in [0.4, 0.5) is 5.82 Å². The quantitative estimate of drug-likeness (QED) is 0.575. The number of nitrogens with two attached hydrogens (primary N) is 1. The zero-order valence-electron chi connectivity index (χ0n) is 10.3. The number of aliphatic hydroxyl groups excluding tert-OH is 3. The molecule has 108 valence electrons. The van der Waals surface area contributed by atoms with Gasteiger partial charge in [-0.25, -0.2) is 4.98 Å². The molecule has 4 atom stereocenters. The molecule has 1 saturated heterocycles. The number of nitrogen functional groups attached to an aromatic ring is 1. The summed E-state index contributed by atoms with van der Waals surface area (Å²) in [5.41, 5.74) is 6.42. The Bertz CT molecular complexity index is 647. The fourth-order valence-corrected chi connectivity index (χ4v) is 2.68. The van der Waals surface area contributed by atoms with Gasteiger partial charge >= 0.3 is 0 Å². The Morgan fingerprint density at radius 3 is 2.80 bits per heavy atom. The summed E-state index contributed by atoms with van der Waals surface area (Å²) in [6.07, 6.45) is -2.30. The van der Waals surface area contributed by atoms with Gasteiger partial charge in [-0.05, 0) is 6.07 Å². The van der Waals surface area contributed by atoms with Crippen LogP contribution in [0.15, 0.2) is 18.3 Å². The van der Waals surface area contributed by atoms with Crippen molar-refractivity contribution in [2.75, 3.05) is 12.3 Å². The van der Waals surface area contributed by atoms with E-state index in [0.29, 0.717) is 10.9 Å². The predicted octanol–water partition coefficient (Wildman–Crippen LogP) is -0.117. The fourth-order valence-electron chi connectivity index (χ4n) is 2.48. The highest BCUT2D eigenvalue weighted by atomic mass is 35.5. The molecule has 0 aromatic carbocycles. The number of aliphatic hydroxyl groups is 3. The third kappa shape index (κ3) is 1.95. The van der Waals surface area contributed by atoms with Gasteiger partial charge in [0.2, 0.25) is 0 Å². The first kappa shape index (κ1) is 13.6. The van der Waals surface area contributed by atoms with Gasteiger partial charge in [-0.2, -0.15) is 0 Å². The third-order valence-corrected chi connectivity index (χ3v) is 3.70. The second-order valence-electron chi connectivity index (χ2n) is 4.71. The SMILES string of the molecule is Nc1nc(Cl)cc2c1ccn2[C@@H]1O[C@H](CO)[C@@H](O)[C@H]1O. The minimum Gasteiger partial charge on any atom is -0.394 e. The molecular weight excluding hydrogens is 286 g/mol. The number of ether oxygens (including phenoxy) is 1. The van der Waals surface area contributed by atoms with Crippen LogP contribution in [-0.2, 0) is 4.74 Å². The van der Waals surface area contributed by atoms with E-state index in [1.807, 2.05) is 0 Å². The number of aromatic nitrogens is 2. The summed E-state index contributed by atoms with van der Waals surface area (Å²) < 4.78 is 7.09. The van der Waals surface area contributed by atoms with Crippen molar-refractivity contribution in [2.24, 2.45) is 0 Å². The number of nitrogens with zero attached hydrogens (tertiary/aromatic N) is 2. The lowest BCUT2D eigenvalue weighted by Gasteiger charge is -2.18. The highest BCUT2D eigenvalue weighted by molar-refractivity contribution is 6.30. The van der Waals surface area contributed by atoms with E-state index in [9.17, 15) is 10.2 Å². The Morgan fingerprint density at radius 1 is 1.40 bits per heavy atom. The zero-order valence-corrected chi connectivity index (χ0v) is 11.1. The fraction of sp³-hybridized carbons (Fsp3) is 0.417. The number of anilines is 1. The highest BCUT2D eigenvalue weighted by Crippen LogP contribution is 2.34. The molecule has 0 radical (unpaired) electrons. The van der Waals surface area contributed by atoms with Crippen LogP contribution in [0.1, 0.15) is 6.23 Å². The van der Waals surface area contributed by atoms with Gasteiger partial charge in [-0.15, -0.1) is 0 Å². The first-order valence-corrected chi connectivity index (χ1v) is 6.45. The lowest BCUT2D eigenvalue weighted by Crippen LogP contribution is -2.33. The van der Waals surface area contributed by atoms with E-state index >= 15 is 0 Å². The van der Waals surface area contributed by atoms with Crippen LogP contribution >= 0.6 is 11.6 Å². The van der Waals surface area contributed by atoms with Crippen LogP contribution in [0, 0.1) is 0 Å². The van der Waals surface area contributed by atoms with E-state index in [0.717, 1.165) is 0 Å². The molecule has 2 aromatic rings. The monoisotopic (exact) mass is 299 g/mol. The van der Waals surface area contributed by atoms with Crippen LogP contribution < -0.4 is 5.73 Å². The normalized spacial score (nSPS) is 30.2. The first-order chi connectivity index (χ1) is 9.52. The van der Waals surface area contributed by atoms with E-state index in [4.69, 9.17) is 27.2 Å². The average molecular weight is 300 g/mol. The van der Waals surface area contributed by atoms with Gasteiger partial charge in [-0.3, -0.25) is 0 Å². The molecule has 8 heteroatoms.